The molecule has 1 N–H and O–H groups in total. The first kappa shape index (κ1) is 22.5. The lowest BCUT2D eigenvalue weighted by Gasteiger charge is -2.32. The molecule has 0 spiro atoms. The van der Waals surface area contributed by atoms with E-state index < -0.39 is 5.97 Å². The Bertz CT molecular complexity index is 1020. The van der Waals surface area contributed by atoms with Gasteiger partial charge in [0, 0.05) is 18.3 Å². The highest BCUT2D eigenvalue weighted by Gasteiger charge is 2.28. The normalized spacial score (nSPS) is 13.5. The van der Waals surface area contributed by atoms with Gasteiger partial charge in [-0.3, -0.25) is 0 Å². The van der Waals surface area contributed by atoms with Gasteiger partial charge in [-0.05, 0) is 59.7 Å². The number of aryl methyl sites for hydroxylation is 1. The number of rotatable bonds is 7. The van der Waals surface area contributed by atoms with E-state index >= 15 is 0 Å². The van der Waals surface area contributed by atoms with Gasteiger partial charge in [-0.25, -0.2) is 14.8 Å². The Hall–Kier alpha value is -3.21. The van der Waals surface area contributed by atoms with Gasteiger partial charge in [-0.15, -0.1) is 0 Å². The van der Waals surface area contributed by atoms with Crippen LogP contribution in [0.4, 0.5) is 0 Å². The van der Waals surface area contributed by atoms with Crippen LogP contribution < -0.4 is 4.74 Å². The Kier molecular flexibility index (Phi) is 6.74. The van der Waals surface area contributed by atoms with Crippen LogP contribution in [-0.2, 0) is 0 Å². The minimum absolute atomic E-state index is 0.0522. The summed E-state index contributed by atoms with van der Waals surface area (Å²) in [6, 6.07) is 15.6. The van der Waals surface area contributed by atoms with Crippen LogP contribution in [0.1, 0.15) is 79.0 Å². The molecule has 0 bridgehead atoms. The molecule has 2 aromatic carbocycles. The third-order valence-corrected chi connectivity index (χ3v) is 5.42. The topological polar surface area (TPSA) is 72.3 Å². The lowest BCUT2D eigenvalue weighted by molar-refractivity contribution is 0.0696. The monoisotopic (exact) mass is 418 g/mol. The molecule has 3 rings (SSSR count). The molecule has 0 aliphatic carbocycles. The first-order valence-corrected chi connectivity index (χ1v) is 10.6. The maximum Gasteiger partial charge on any atom is 0.335 e. The van der Waals surface area contributed by atoms with Crippen LogP contribution in [0.5, 0.6) is 5.75 Å². The molecular formula is C26H30N2O3. The van der Waals surface area contributed by atoms with Gasteiger partial charge in [0.05, 0.1) is 5.56 Å². The molecule has 0 aliphatic rings. The number of aromatic nitrogens is 2. The Balaban J connectivity index is 1.88. The summed E-state index contributed by atoms with van der Waals surface area (Å²) in [7, 11) is 0. The fourth-order valence-corrected chi connectivity index (χ4v) is 4.00. The van der Waals surface area contributed by atoms with E-state index in [2.05, 4.69) is 42.9 Å². The number of hydrogen-bond acceptors (Lipinski definition) is 4. The highest BCUT2D eigenvalue weighted by molar-refractivity contribution is 5.89. The van der Waals surface area contributed by atoms with E-state index in [4.69, 9.17) is 4.74 Å². The van der Waals surface area contributed by atoms with Gasteiger partial charge in [0.15, 0.2) is 11.9 Å². The van der Waals surface area contributed by atoms with Crippen LogP contribution in [0.15, 0.2) is 60.9 Å². The number of ether oxygens (including phenoxy) is 1. The van der Waals surface area contributed by atoms with Crippen molar-refractivity contribution < 1.29 is 14.6 Å². The van der Waals surface area contributed by atoms with Crippen molar-refractivity contribution in [2.45, 2.75) is 53.1 Å². The van der Waals surface area contributed by atoms with Crippen molar-refractivity contribution in [3.63, 3.8) is 0 Å². The van der Waals surface area contributed by atoms with Gasteiger partial charge in [0.2, 0.25) is 0 Å². The molecule has 1 heterocycles. The predicted octanol–water partition coefficient (Wildman–Crippen LogP) is 6.19. The molecule has 0 fully saturated rings. The quantitative estimate of drug-likeness (QED) is 0.495. The number of carboxylic acids is 1. The van der Waals surface area contributed by atoms with Crippen LogP contribution in [0, 0.1) is 12.3 Å². The zero-order chi connectivity index (χ0) is 22.6. The molecule has 31 heavy (non-hydrogen) atoms. The Morgan fingerprint density at radius 1 is 1.03 bits per heavy atom. The number of nitrogens with zero attached hydrogens (tertiary/aromatic N) is 2. The summed E-state index contributed by atoms with van der Waals surface area (Å²) >= 11 is 0. The van der Waals surface area contributed by atoms with E-state index in [-0.39, 0.29) is 17.4 Å². The Morgan fingerprint density at radius 2 is 1.65 bits per heavy atom. The minimum atomic E-state index is -0.897. The molecule has 5 nitrogen and oxygen atoms in total. The number of hydrogen-bond donors (Lipinski definition) is 1. The molecule has 1 aromatic heterocycles. The fourth-order valence-electron chi connectivity index (χ4n) is 4.00. The van der Waals surface area contributed by atoms with Crippen molar-refractivity contribution in [3.8, 4) is 5.75 Å². The van der Waals surface area contributed by atoms with E-state index in [9.17, 15) is 9.90 Å². The third kappa shape index (κ3) is 5.29. The summed E-state index contributed by atoms with van der Waals surface area (Å²) in [6.45, 7) is 10.5. The second kappa shape index (κ2) is 9.29. The molecule has 2 unspecified atom stereocenters. The molecule has 0 saturated carbocycles. The van der Waals surface area contributed by atoms with Gasteiger partial charge in [0.25, 0.3) is 0 Å². The first-order valence-electron chi connectivity index (χ1n) is 10.6. The molecule has 2 atom stereocenters. The standard InChI is InChI=1S/C26H30N2O3/c1-6-22(24-27-14-7-15-28-24)31-20-11-8-18(9-12-20)23(26(3,4)5)19-10-13-21(25(29)30)17(2)16-19/h7-16,22-23H,6H2,1-5H3,(H,29,30). The van der Waals surface area contributed by atoms with Crippen LogP contribution in [-0.4, -0.2) is 21.0 Å². The number of benzene rings is 2. The van der Waals surface area contributed by atoms with Crippen LogP contribution in [0.2, 0.25) is 0 Å². The number of carbonyl (C=O) groups is 1. The Labute approximate surface area is 184 Å². The van der Waals surface area contributed by atoms with Crippen molar-refractivity contribution in [3.05, 3.63) is 89.0 Å². The van der Waals surface area contributed by atoms with Gasteiger partial charge in [-0.2, -0.15) is 0 Å². The SMILES string of the molecule is CCC(Oc1ccc(C(c2ccc(C(=O)O)c(C)c2)C(C)(C)C)cc1)c1ncccn1. The van der Waals surface area contributed by atoms with Crippen molar-refractivity contribution in [1.82, 2.24) is 9.97 Å². The van der Waals surface area contributed by atoms with E-state index in [1.54, 1.807) is 24.5 Å². The summed E-state index contributed by atoms with van der Waals surface area (Å²) in [5.41, 5.74) is 3.32. The summed E-state index contributed by atoms with van der Waals surface area (Å²) in [5.74, 6) is 0.664. The second-order valence-electron chi connectivity index (χ2n) is 8.87. The van der Waals surface area contributed by atoms with Gasteiger partial charge < -0.3 is 9.84 Å². The predicted molar refractivity (Wildman–Crippen MR) is 122 cm³/mol. The van der Waals surface area contributed by atoms with Crippen molar-refractivity contribution in [1.29, 1.82) is 0 Å². The van der Waals surface area contributed by atoms with E-state index in [0.29, 0.717) is 11.4 Å². The Morgan fingerprint density at radius 3 is 2.16 bits per heavy atom. The van der Waals surface area contributed by atoms with Crippen molar-refractivity contribution >= 4 is 5.97 Å². The van der Waals surface area contributed by atoms with E-state index in [1.165, 1.54) is 0 Å². The lowest BCUT2D eigenvalue weighted by atomic mass is 9.72. The molecule has 162 valence electrons. The molecule has 0 radical (unpaired) electrons. The largest absolute Gasteiger partial charge is 0.482 e. The molecular weight excluding hydrogens is 388 g/mol. The molecule has 3 aromatic rings. The smallest absolute Gasteiger partial charge is 0.335 e. The maximum atomic E-state index is 11.4. The fraction of sp³-hybridized carbons (Fsp3) is 0.346. The lowest BCUT2D eigenvalue weighted by Crippen LogP contribution is -2.20. The average molecular weight is 419 g/mol. The van der Waals surface area contributed by atoms with Crippen molar-refractivity contribution in [2.24, 2.45) is 5.41 Å². The zero-order valence-corrected chi connectivity index (χ0v) is 18.8. The second-order valence-corrected chi connectivity index (χ2v) is 8.87. The summed E-state index contributed by atoms with van der Waals surface area (Å²) < 4.78 is 6.15. The third-order valence-electron chi connectivity index (χ3n) is 5.42. The van der Waals surface area contributed by atoms with Crippen LogP contribution >= 0.6 is 0 Å². The van der Waals surface area contributed by atoms with E-state index in [1.807, 2.05) is 38.1 Å². The van der Waals surface area contributed by atoms with Gasteiger partial charge >= 0.3 is 5.97 Å². The van der Waals surface area contributed by atoms with Crippen LogP contribution in [0.3, 0.4) is 0 Å². The molecule has 0 saturated heterocycles. The molecule has 0 aliphatic heterocycles. The van der Waals surface area contributed by atoms with E-state index in [0.717, 1.165) is 28.9 Å². The number of carboxylic acid groups (broad SMARTS) is 1. The average Bonchev–Trinajstić information content (AvgIpc) is 2.72. The summed E-state index contributed by atoms with van der Waals surface area (Å²) in [4.78, 5) is 20.0. The molecule has 5 heteroatoms. The zero-order valence-electron chi connectivity index (χ0n) is 18.8. The van der Waals surface area contributed by atoms with Crippen LogP contribution in [0.25, 0.3) is 0 Å². The maximum absolute atomic E-state index is 11.4. The minimum Gasteiger partial charge on any atom is -0.482 e. The first-order chi connectivity index (χ1) is 14.7. The highest BCUT2D eigenvalue weighted by atomic mass is 16.5. The summed E-state index contributed by atoms with van der Waals surface area (Å²) in [6.07, 6.45) is 4.02. The highest BCUT2D eigenvalue weighted by Crippen LogP contribution is 2.41. The van der Waals surface area contributed by atoms with Gasteiger partial charge in [0.1, 0.15) is 5.75 Å². The number of aromatic carboxylic acids is 1. The molecule has 0 amide bonds. The summed E-state index contributed by atoms with van der Waals surface area (Å²) in [5, 5.41) is 9.35. The van der Waals surface area contributed by atoms with Gasteiger partial charge in [-0.1, -0.05) is 52.0 Å². The van der Waals surface area contributed by atoms with Crippen molar-refractivity contribution in [2.75, 3.05) is 0 Å².